The molecule has 5 heteroatoms. The third-order valence-electron chi connectivity index (χ3n) is 4.33. The molecule has 1 heterocycles. The predicted octanol–water partition coefficient (Wildman–Crippen LogP) is 2.35. The highest BCUT2D eigenvalue weighted by molar-refractivity contribution is 5.99. The maximum Gasteiger partial charge on any atom is 0.250 e. The van der Waals surface area contributed by atoms with Gasteiger partial charge in [0, 0.05) is 28.9 Å². The molecule has 1 atom stereocenters. The molecule has 0 aliphatic carbocycles. The van der Waals surface area contributed by atoms with Crippen molar-refractivity contribution in [2.75, 3.05) is 5.73 Å². The first-order valence-electron chi connectivity index (χ1n) is 7.95. The average Bonchev–Trinajstić information content (AvgIpc) is 2.90. The molecule has 0 saturated heterocycles. The van der Waals surface area contributed by atoms with E-state index in [0.29, 0.717) is 29.6 Å². The summed E-state index contributed by atoms with van der Waals surface area (Å²) in [6, 6.07) is 15.6. The van der Waals surface area contributed by atoms with Crippen molar-refractivity contribution >= 4 is 22.5 Å². The maximum atomic E-state index is 11.6. The summed E-state index contributed by atoms with van der Waals surface area (Å²) in [6.07, 6.45) is -0.718. The highest BCUT2D eigenvalue weighted by atomic mass is 16.3. The summed E-state index contributed by atoms with van der Waals surface area (Å²) in [5, 5.41) is 11.1. The summed E-state index contributed by atoms with van der Waals surface area (Å²) in [4.78, 5) is 11.6. The molecule has 3 rings (SSSR count). The third kappa shape index (κ3) is 2.63. The lowest BCUT2D eigenvalue weighted by Crippen LogP contribution is -2.22. The molecule has 5 N–H and O–H groups in total. The van der Waals surface area contributed by atoms with Crippen molar-refractivity contribution in [3.63, 3.8) is 0 Å². The Kier molecular flexibility index (Phi) is 4.27. The van der Waals surface area contributed by atoms with Gasteiger partial charge >= 0.3 is 0 Å². The Morgan fingerprint density at radius 3 is 2.50 bits per heavy atom. The number of nitrogens with two attached hydrogens (primary N) is 2. The quantitative estimate of drug-likeness (QED) is 0.629. The number of hydrogen-bond donors (Lipinski definition) is 3. The Morgan fingerprint density at radius 2 is 1.88 bits per heavy atom. The topological polar surface area (TPSA) is 94.3 Å². The summed E-state index contributed by atoms with van der Waals surface area (Å²) in [7, 11) is 0. The monoisotopic (exact) mass is 323 g/mol. The Morgan fingerprint density at radius 1 is 1.17 bits per heavy atom. The number of carbonyl (C=O) groups excluding carboxylic acids is 1. The number of benzene rings is 2. The van der Waals surface area contributed by atoms with Crippen LogP contribution in [0.3, 0.4) is 0 Å². The van der Waals surface area contributed by atoms with E-state index in [1.165, 1.54) is 0 Å². The number of hydrogen-bond acceptors (Lipinski definition) is 3. The fourth-order valence-corrected chi connectivity index (χ4v) is 3.28. The first kappa shape index (κ1) is 16.1. The van der Waals surface area contributed by atoms with Gasteiger partial charge in [0.2, 0.25) is 0 Å². The summed E-state index contributed by atoms with van der Waals surface area (Å²) < 4.78 is 2.10. The minimum absolute atomic E-state index is 0.522. The molecule has 0 spiro atoms. The van der Waals surface area contributed by atoms with E-state index >= 15 is 0 Å². The van der Waals surface area contributed by atoms with Crippen LogP contribution in [0.1, 0.15) is 29.8 Å². The number of nitrogens with zero attached hydrogens (tertiary/aromatic N) is 1. The summed E-state index contributed by atoms with van der Waals surface area (Å²) in [5.41, 5.74) is 15.5. The maximum absolute atomic E-state index is 11.6. The number of anilines is 1. The van der Waals surface area contributed by atoms with Gasteiger partial charge in [-0.1, -0.05) is 43.3 Å². The lowest BCUT2D eigenvalue weighted by Gasteiger charge is -2.12. The number of nitrogen functional groups attached to an aromatic ring is 1. The second-order valence-corrected chi connectivity index (χ2v) is 5.83. The van der Waals surface area contributed by atoms with E-state index in [4.69, 9.17) is 11.5 Å². The Bertz CT molecular complexity index is 885. The van der Waals surface area contributed by atoms with Gasteiger partial charge in [0.25, 0.3) is 5.91 Å². The van der Waals surface area contributed by atoms with Crippen LogP contribution in [-0.2, 0) is 17.8 Å². The number of rotatable bonds is 5. The van der Waals surface area contributed by atoms with Gasteiger partial charge in [-0.25, -0.2) is 0 Å². The number of aliphatic hydroxyl groups excluding tert-OH is 1. The molecule has 124 valence electrons. The van der Waals surface area contributed by atoms with E-state index in [1.54, 1.807) is 6.07 Å². The SMILES string of the molecule is CCc1c(C(O)C(N)=O)c2c(N)cccc2n1Cc1ccccc1. The van der Waals surface area contributed by atoms with Crippen LogP contribution < -0.4 is 11.5 Å². The number of primary amides is 1. The molecule has 0 aliphatic rings. The van der Waals surface area contributed by atoms with Crippen molar-refractivity contribution in [2.24, 2.45) is 5.73 Å². The van der Waals surface area contributed by atoms with Crippen molar-refractivity contribution in [3.8, 4) is 0 Å². The average molecular weight is 323 g/mol. The Hall–Kier alpha value is -2.79. The molecule has 1 unspecified atom stereocenters. The zero-order valence-corrected chi connectivity index (χ0v) is 13.6. The van der Waals surface area contributed by atoms with Crippen molar-refractivity contribution in [3.05, 3.63) is 65.4 Å². The molecule has 0 aliphatic heterocycles. The highest BCUT2D eigenvalue weighted by Crippen LogP contribution is 2.35. The summed E-state index contributed by atoms with van der Waals surface area (Å²) in [5.74, 6) is -0.772. The van der Waals surface area contributed by atoms with Crippen LogP contribution in [0.25, 0.3) is 10.9 Å². The van der Waals surface area contributed by atoms with Crippen molar-refractivity contribution < 1.29 is 9.90 Å². The van der Waals surface area contributed by atoms with Gasteiger partial charge in [0.15, 0.2) is 6.10 Å². The first-order chi connectivity index (χ1) is 11.5. The molecule has 1 aromatic heterocycles. The van der Waals surface area contributed by atoms with Gasteiger partial charge in [-0.2, -0.15) is 0 Å². The Labute approximate surface area is 140 Å². The van der Waals surface area contributed by atoms with Gasteiger partial charge in [-0.05, 0) is 24.1 Å². The minimum atomic E-state index is -1.37. The number of aromatic nitrogens is 1. The Balaban J connectivity index is 2.29. The zero-order chi connectivity index (χ0) is 17.3. The van der Waals surface area contributed by atoms with Gasteiger partial charge in [0.1, 0.15) is 0 Å². The van der Waals surface area contributed by atoms with Gasteiger partial charge in [-0.15, -0.1) is 0 Å². The molecule has 0 radical (unpaired) electrons. The summed E-state index contributed by atoms with van der Waals surface area (Å²) >= 11 is 0. The molecule has 24 heavy (non-hydrogen) atoms. The van der Waals surface area contributed by atoms with Crippen molar-refractivity contribution in [1.82, 2.24) is 4.57 Å². The van der Waals surface area contributed by atoms with Crippen molar-refractivity contribution in [1.29, 1.82) is 0 Å². The number of aliphatic hydroxyl groups is 1. The molecule has 3 aromatic rings. The second-order valence-electron chi connectivity index (χ2n) is 5.83. The lowest BCUT2D eigenvalue weighted by molar-refractivity contribution is -0.126. The molecular formula is C19H21N3O2. The fraction of sp³-hybridized carbons (Fsp3) is 0.211. The van der Waals surface area contributed by atoms with Crippen LogP contribution in [0.4, 0.5) is 5.69 Å². The number of amides is 1. The largest absolute Gasteiger partial charge is 0.398 e. The van der Waals surface area contributed by atoms with Crippen LogP contribution >= 0.6 is 0 Å². The van der Waals surface area contributed by atoms with E-state index in [-0.39, 0.29) is 0 Å². The van der Waals surface area contributed by atoms with Crippen LogP contribution in [0, 0.1) is 0 Å². The standard InChI is InChI=1S/C19H21N3O2/c1-2-14-17(18(23)19(21)24)16-13(20)9-6-10-15(16)22(14)11-12-7-4-3-5-8-12/h3-10,18,23H,2,11,20H2,1H3,(H2,21,24). The molecule has 1 amide bonds. The van der Waals surface area contributed by atoms with Gasteiger partial charge < -0.3 is 21.1 Å². The van der Waals surface area contributed by atoms with Gasteiger partial charge in [-0.3, -0.25) is 4.79 Å². The summed E-state index contributed by atoms with van der Waals surface area (Å²) in [6.45, 7) is 2.62. The van der Waals surface area contributed by atoms with Crippen LogP contribution in [0.2, 0.25) is 0 Å². The second kappa shape index (κ2) is 6.37. The minimum Gasteiger partial charge on any atom is -0.398 e. The van der Waals surface area contributed by atoms with Crippen LogP contribution in [-0.4, -0.2) is 15.6 Å². The van der Waals surface area contributed by atoms with Crippen LogP contribution in [0.5, 0.6) is 0 Å². The predicted molar refractivity (Wildman–Crippen MR) is 95.4 cm³/mol. The smallest absolute Gasteiger partial charge is 0.250 e. The van der Waals surface area contributed by atoms with E-state index in [2.05, 4.69) is 4.57 Å². The fourth-order valence-electron chi connectivity index (χ4n) is 3.28. The number of carbonyl (C=O) groups is 1. The first-order valence-corrected chi connectivity index (χ1v) is 7.95. The number of fused-ring (bicyclic) bond motifs is 1. The van der Waals surface area contributed by atoms with Crippen molar-refractivity contribution in [2.45, 2.75) is 26.0 Å². The van der Waals surface area contributed by atoms with Crippen LogP contribution in [0.15, 0.2) is 48.5 Å². The zero-order valence-electron chi connectivity index (χ0n) is 13.6. The van der Waals surface area contributed by atoms with E-state index in [0.717, 1.165) is 16.8 Å². The van der Waals surface area contributed by atoms with E-state index in [1.807, 2.05) is 49.4 Å². The molecular weight excluding hydrogens is 302 g/mol. The highest BCUT2D eigenvalue weighted by Gasteiger charge is 2.26. The van der Waals surface area contributed by atoms with Gasteiger partial charge in [0.05, 0.1) is 5.52 Å². The third-order valence-corrected chi connectivity index (χ3v) is 4.33. The lowest BCUT2D eigenvalue weighted by atomic mass is 10.0. The van der Waals surface area contributed by atoms with E-state index in [9.17, 15) is 9.90 Å². The normalized spacial score (nSPS) is 12.4. The molecule has 2 aromatic carbocycles. The molecule has 0 saturated carbocycles. The molecule has 0 bridgehead atoms. The molecule has 0 fully saturated rings. The molecule has 5 nitrogen and oxygen atoms in total. The van der Waals surface area contributed by atoms with E-state index < -0.39 is 12.0 Å².